The Morgan fingerprint density at radius 2 is 1.86 bits per heavy atom. The Balaban J connectivity index is 2.12. The predicted molar refractivity (Wildman–Crippen MR) is 78.7 cm³/mol. The summed E-state index contributed by atoms with van der Waals surface area (Å²) in [6.07, 6.45) is 0.802. The highest BCUT2D eigenvalue weighted by Crippen LogP contribution is 2.21. The topological polar surface area (TPSA) is 89.9 Å². The Morgan fingerprint density at radius 1 is 1.24 bits per heavy atom. The van der Waals surface area contributed by atoms with E-state index in [1.165, 1.54) is 6.07 Å². The van der Waals surface area contributed by atoms with Crippen LogP contribution in [0, 0.1) is 13.8 Å². The average Bonchev–Trinajstić information content (AvgIpc) is 2.43. The highest BCUT2D eigenvalue weighted by atomic mass is 16.4. The zero-order valence-corrected chi connectivity index (χ0v) is 12.2. The molecule has 114 valence electrons. The van der Waals surface area contributed by atoms with E-state index in [0.29, 0.717) is 37.2 Å². The summed E-state index contributed by atoms with van der Waals surface area (Å²) in [6, 6.07) is 2.97. The molecule has 2 rings (SSSR count). The third-order valence-electron chi connectivity index (χ3n) is 3.90. The predicted octanol–water partition coefficient (Wildman–Crippen LogP) is 1.99. The summed E-state index contributed by atoms with van der Waals surface area (Å²) in [4.78, 5) is 25.0. The number of carbonyl (C=O) groups is 2. The number of urea groups is 1. The summed E-state index contributed by atoms with van der Waals surface area (Å²) in [5, 5.41) is 21.3. The lowest BCUT2D eigenvalue weighted by atomic mass is 10.0. The van der Waals surface area contributed by atoms with E-state index in [1.807, 2.05) is 6.92 Å². The van der Waals surface area contributed by atoms with Gasteiger partial charge in [-0.1, -0.05) is 0 Å². The number of carbonyl (C=O) groups excluding carboxylic acids is 1. The lowest BCUT2D eigenvalue weighted by Crippen LogP contribution is -2.42. The Kier molecular flexibility index (Phi) is 4.47. The van der Waals surface area contributed by atoms with Crippen molar-refractivity contribution in [3.8, 4) is 0 Å². The third kappa shape index (κ3) is 3.52. The Morgan fingerprint density at radius 3 is 2.43 bits per heavy atom. The van der Waals surface area contributed by atoms with Crippen LogP contribution in [-0.2, 0) is 0 Å². The maximum absolute atomic E-state index is 12.1. The molecule has 1 heterocycles. The molecule has 0 aromatic heterocycles. The van der Waals surface area contributed by atoms with Gasteiger partial charge < -0.3 is 20.4 Å². The highest BCUT2D eigenvalue weighted by Gasteiger charge is 2.21. The molecule has 0 radical (unpaired) electrons. The molecule has 2 amide bonds. The minimum atomic E-state index is -1.01. The fraction of sp³-hybridized carbons (Fsp3) is 0.467. The minimum absolute atomic E-state index is 0.194. The Hall–Kier alpha value is -2.08. The van der Waals surface area contributed by atoms with Crippen molar-refractivity contribution in [3.05, 3.63) is 28.8 Å². The Labute approximate surface area is 123 Å². The molecule has 21 heavy (non-hydrogen) atoms. The van der Waals surface area contributed by atoms with Crippen LogP contribution >= 0.6 is 0 Å². The fourth-order valence-corrected chi connectivity index (χ4v) is 2.43. The standard InChI is InChI=1S/C15H20N2O4/c1-9-7-11(8-13(10(9)2)14(19)20)16-15(21)17-5-3-12(18)4-6-17/h7-8,12,18H,3-6H2,1-2H3,(H,16,21)(H,19,20). The number of aryl methyl sites for hydroxylation is 1. The molecule has 0 aliphatic carbocycles. The zero-order valence-electron chi connectivity index (χ0n) is 12.2. The monoisotopic (exact) mass is 292 g/mol. The van der Waals surface area contributed by atoms with Crippen molar-refractivity contribution in [2.75, 3.05) is 18.4 Å². The number of nitrogens with one attached hydrogen (secondary N) is 1. The van der Waals surface area contributed by atoms with Crippen LogP contribution in [0.15, 0.2) is 12.1 Å². The molecule has 1 aromatic carbocycles. The number of aromatic carboxylic acids is 1. The second-order valence-corrected chi connectivity index (χ2v) is 5.42. The quantitative estimate of drug-likeness (QED) is 0.777. The molecule has 0 atom stereocenters. The van der Waals surface area contributed by atoms with E-state index in [0.717, 1.165) is 5.56 Å². The largest absolute Gasteiger partial charge is 0.478 e. The van der Waals surface area contributed by atoms with Crippen molar-refractivity contribution in [2.24, 2.45) is 0 Å². The molecule has 1 aliphatic rings. The molecular formula is C15H20N2O4. The summed E-state index contributed by atoms with van der Waals surface area (Å²) in [5.41, 5.74) is 2.19. The summed E-state index contributed by atoms with van der Waals surface area (Å²) in [6.45, 7) is 4.57. The number of likely N-dealkylation sites (tertiary alicyclic amines) is 1. The van der Waals surface area contributed by atoms with Crippen molar-refractivity contribution >= 4 is 17.7 Å². The maximum Gasteiger partial charge on any atom is 0.336 e. The number of carboxylic acid groups (broad SMARTS) is 1. The molecular weight excluding hydrogens is 272 g/mol. The van der Waals surface area contributed by atoms with Gasteiger partial charge in [0.1, 0.15) is 0 Å². The van der Waals surface area contributed by atoms with Crippen molar-refractivity contribution in [2.45, 2.75) is 32.8 Å². The van der Waals surface area contributed by atoms with Crippen LogP contribution in [0.2, 0.25) is 0 Å². The normalized spacial score (nSPS) is 15.9. The molecule has 0 saturated carbocycles. The number of amides is 2. The first-order valence-corrected chi connectivity index (χ1v) is 6.97. The van der Waals surface area contributed by atoms with E-state index in [1.54, 1.807) is 17.9 Å². The molecule has 6 heteroatoms. The molecule has 1 aromatic rings. The van der Waals surface area contributed by atoms with E-state index in [2.05, 4.69) is 5.32 Å². The van der Waals surface area contributed by atoms with E-state index in [4.69, 9.17) is 0 Å². The van der Waals surface area contributed by atoms with Crippen LogP contribution < -0.4 is 5.32 Å². The van der Waals surface area contributed by atoms with Crippen LogP contribution in [0.5, 0.6) is 0 Å². The first-order valence-electron chi connectivity index (χ1n) is 6.97. The molecule has 0 unspecified atom stereocenters. The third-order valence-corrected chi connectivity index (χ3v) is 3.90. The maximum atomic E-state index is 12.1. The molecule has 1 saturated heterocycles. The van der Waals surface area contributed by atoms with Crippen LogP contribution in [-0.4, -0.2) is 46.3 Å². The van der Waals surface area contributed by atoms with Crippen LogP contribution in [0.1, 0.15) is 34.3 Å². The highest BCUT2D eigenvalue weighted by molar-refractivity contribution is 5.94. The number of aliphatic hydroxyl groups is 1. The van der Waals surface area contributed by atoms with Crippen LogP contribution in [0.25, 0.3) is 0 Å². The second kappa shape index (κ2) is 6.13. The van der Waals surface area contributed by atoms with Gasteiger partial charge in [0.05, 0.1) is 11.7 Å². The minimum Gasteiger partial charge on any atom is -0.478 e. The summed E-state index contributed by atoms with van der Waals surface area (Å²) < 4.78 is 0. The molecule has 3 N–H and O–H groups in total. The number of aliphatic hydroxyl groups excluding tert-OH is 1. The van der Waals surface area contributed by atoms with Crippen molar-refractivity contribution in [3.63, 3.8) is 0 Å². The lowest BCUT2D eigenvalue weighted by molar-refractivity contribution is 0.0695. The molecule has 6 nitrogen and oxygen atoms in total. The molecule has 0 spiro atoms. The van der Waals surface area contributed by atoms with Crippen LogP contribution in [0.3, 0.4) is 0 Å². The smallest absolute Gasteiger partial charge is 0.336 e. The van der Waals surface area contributed by atoms with E-state index < -0.39 is 5.97 Å². The first-order chi connectivity index (χ1) is 9.88. The van der Waals surface area contributed by atoms with Gasteiger partial charge in [0, 0.05) is 18.8 Å². The lowest BCUT2D eigenvalue weighted by Gasteiger charge is -2.29. The molecule has 0 bridgehead atoms. The van der Waals surface area contributed by atoms with Gasteiger partial charge in [-0.3, -0.25) is 0 Å². The van der Waals surface area contributed by atoms with Gasteiger partial charge in [0.25, 0.3) is 0 Å². The number of piperidine rings is 1. The first kappa shape index (κ1) is 15.3. The molecule has 1 fully saturated rings. The fourth-order valence-electron chi connectivity index (χ4n) is 2.43. The number of carboxylic acids is 1. The number of hydrogen-bond acceptors (Lipinski definition) is 3. The van der Waals surface area contributed by atoms with Gasteiger partial charge in [-0.15, -0.1) is 0 Å². The van der Waals surface area contributed by atoms with Gasteiger partial charge in [0.2, 0.25) is 0 Å². The number of benzene rings is 1. The summed E-state index contributed by atoms with van der Waals surface area (Å²) >= 11 is 0. The zero-order chi connectivity index (χ0) is 15.6. The van der Waals surface area contributed by atoms with Gasteiger partial charge >= 0.3 is 12.0 Å². The number of hydrogen-bond donors (Lipinski definition) is 3. The van der Waals surface area contributed by atoms with Crippen molar-refractivity contribution in [1.82, 2.24) is 4.90 Å². The van der Waals surface area contributed by atoms with Gasteiger partial charge in [-0.25, -0.2) is 9.59 Å². The number of rotatable bonds is 2. The average molecular weight is 292 g/mol. The molecule has 1 aliphatic heterocycles. The van der Waals surface area contributed by atoms with E-state index in [-0.39, 0.29) is 17.7 Å². The second-order valence-electron chi connectivity index (χ2n) is 5.42. The van der Waals surface area contributed by atoms with Gasteiger partial charge in [-0.2, -0.15) is 0 Å². The van der Waals surface area contributed by atoms with Gasteiger partial charge in [-0.05, 0) is 49.9 Å². The van der Waals surface area contributed by atoms with Gasteiger partial charge in [0.15, 0.2) is 0 Å². The van der Waals surface area contributed by atoms with Crippen molar-refractivity contribution < 1.29 is 19.8 Å². The summed E-state index contributed by atoms with van der Waals surface area (Å²) in [5.74, 6) is -1.01. The van der Waals surface area contributed by atoms with E-state index >= 15 is 0 Å². The summed E-state index contributed by atoms with van der Waals surface area (Å²) in [7, 11) is 0. The Bertz CT molecular complexity index is 563. The van der Waals surface area contributed by atoms with E-state index in [9.17, 15) is 19.8 Å². The van der Waals surface area contributed by atoms with Crippen LogP contribution in [0.4, 0.5) is 10.5 Å². The SMILES string of the molecule is Cc1cc(NC(=O)N2CCC(O)CC2)cc(C(=O)O)c1C. The number of anilines is 1. The number of nitrogens with zero attached hydrogens (tertiary/aromatic N) is 1. The van der Waals surface area contributed by atoms with Crippen molar-refractivity contribution in [1.29, 1.82) is 0 Å².